The highest BCUT2D eigenvalue weighted by Gasteiger charge is 2.04. The second-order valence-electron chi connectivity index (χ2n) is 4.13. The number of rotatable bonds is 12. The summed E-state index contributed by atoms with van der Waals surface area (Å²) >= 11 is 0. The average molecular weight is 297 g/mol. The molecule has 21 heavy (non-hydrogen) atoms. The Morgan fingerprint density at radius 2 is 1.33 bits per heavy atom. The third kappa shape index (κ3) is 9.14. The van der Waals surface area contributed by atoms with Crippen molar-refractivity contribution in [2.45, 2.75) is 0 Å². The smallest absolute Gasteiger partial charge is 0.338 e. The highest BCUT2D eigenvalue weighted by molar-refractivity contribution is 5.89. The fourth-order valence-electron chi connectivity index (χ4n) is 1.48. The Morgan fingerprint density at radius 3 is 1.90 bits per heavy atom. The van der Waals surface area contributed by atoms with Gasteiger partial charge in [0.05, 0.1) is 45.2 Å². The van der Waals surface area contributed by atoms with Gasteiger partial charge in [-0.05, 0) is 12.1 Å². The lowest BCUT2D eigenvalue weighted by atomic mass is 10.2. The van der Waals surface area contributed by atoms with Gasteiger partial charge in [-0.3, -0.25) is 0 Å². The Balaban J connectivity index is 1.88. The van der Waals surface area contributed by atoms with E-state index in [4.69, 9.17) is 24.7 Å². The molecule has 1 aromatic rings. The standard InChI is InChI=1S/C15H23NO5/c16-6-7-18-8-9-19-10-11-20-12-13-21-15(17)14-4-2-1-3-5-14/h1-5H,6-13,16H2. The molecular weight excluding hydrogens is 274 g/mol. The van der Waals surface area contributed by atoms with E-state index >= 15 is 0 Å². The van der Waals surface area contributed by atoms with Gasteiger partial charge in [0, 0.05) is 6.54 Å². The summed E-state index contributed by atoms with van der Waals surface area (Å²) in [7, 11) is 0. The molecule has 0 aliphatic rings. The average Bonchev–Trinajstić information content (AvgIpc) is 2.53. The SMILES string of the molecule is NCCOCCOCCOCCOC(=O)c1ccccc1. The van der Waals surface area contributed by atoms with E-state index < -0.39 is 0 Å². The fraction of sp³-hybridized carbons (Fsp3) is 0.533. The zero-order chi connectivity index (χ0) is 15.2. The van der Waals surface area contributed by atoms with E-state index in [1.807, 2.05) is 6.07 Å². The van der Waals surface area contributed by atoms with Gasteiger partial charge in [0.15, 0.2) is 0 Å². The van der Waals surface area contributed by atoms with Gasteiger partial charge in [-0.15, -0.1) is 0 Å². The molecular formula is C15H23NO5. The molecule has 0 spiro atoms. The Morgan fingerprint density at radius 1 is 0.810 bits per heavy atom. The van der Waals surface area contributed by atoms with Gasteiger partial charge in [-0.1, -0.05) is 18.2 Å². The molecule has 0 saturated heterocycles. The molecule has 0 fully saturated rings. The predicted octanol–water partition coefficient (Wildman–Crippen LogP) is 0.852. The molecule has 0 bridgehead atoms. The lowest BCUT2D eigenvalue weighted by Crippen LogP contribution is -2.15. The number of nitrogens with two attached hydrogens (primary N) is 1. The van der Waals surface area contributed by atoms with Crippen LogP contribution in [0.4, 0.5) is 0 Å². The highest BCUT2D eigenvalue weighted by Crippen LogP contribution is 2.00. The number of esters is 1. The Kier molecular flexibility index (Phi) is 10.3. The molecule has 0 radical (unpaired) electrons. The van der Waals surface area contributed by atoms with Gasteiger partial charge in [0.25, 0.3) is 0 Å². The molecule has 0 heterocycles. The van der Waals surface area contributed by atoms with Crippen LogP contribution in [0.2, 0.25) is 0 Å². The van der Waals surface area contributed by atoms with Crippen molar-refractivity contribution in [3.8, 4) is 0 Å². The van der Waals surface area contributed by atoms with Crippen LogP contribution in [-0.2, 0) is 18.9 Å². The summed E-state index contributed by atoms with van der Waals surface area (Å²) in [5, 5.41) is 0. The topological polar surface area (TPSA) is 80.0 Å². The second-order valence-corrected chi connectivity index (χ2v) is 4.13. The summed E-state index contributed by atoms with van der Waals surface area (Å²) in [6.07, 6.45) is 0. The lowest BCUT2D eigenvalue weighted by Gasteiger charge is -2.07. The van der Waals surface area contributed by atoms with E-state index in [2.05, 4.69) is 0 Å². The minimum atomic E-state index is -0.340. The van der Waals surface area contributed by atoms with Gasteiger partial charge < -0.3 is 24.7 Å². The van der Waals surface area contributed by atoms with Crippen molar-refractivity contribution < 1.29 is 23.7 Å². The zero-order valence-corrected chi connectivity index (χ0v) is 12.2. The monoisotopic (exact) mass is 297 g/mol. The second kappa shape index (κ2) is 12.3. The van der Waals surface area contributed by atoms with E-state index in [-0.39, 0.29) is 12.6 Å². The number of benzene rings is 1. The quantitative estimate of drug-likeness (QED) is 0.455. The van der Waals surface area contributed by atoms with Crippen LogP contribution < -0.4 is 5.73 Å². The van der Waals surface area contributed by atoms with Crippen LogP contribution >= 0.6 is 0 Å². The van der Waals surface area contributed by atoms with E-state index in [1.165, 1.54) is 0 Å². The van der Waals surface area contributed by atoms with Crippen molar-refractivity contribution in [1.29, 1.82) is 0 Å². The molecule has 2 N–H and O–H groups in total. The maximum absolute atomic E-state index is 11.6. The van der Waals surface area contributed by atoms with Gasteiger partial charge in [-0.2, -0.15) is 0 Å². The van der Waals surface area contributed by atoms with Gasteiger partial charge in [0.2, 0.25) is 0 Å². The number of carbonyl (C=O) groups is 1. The molecule has 0 amide bonds. The first-order valence-corrected chi connectivity index (χ1v) is 7.00. The summed E-state index contributed by atoms with van der Waals surface area (Å²) in [4.78, 5) is 11.6. The molecule has 1 aromatic carbocycles. The molecule has 118 valence electrons. The van der Waals surface area contributed by atoms with Gasteiger partial charge >= 0.3 is 5.97 Å². The molecule has 6 nitrogen and oxygen atoms in total. The molecule has 0 aliphatic heterocycles. The first-order chi connectivity index (χ1) is 10.3. The van der Waals surface area contributed by atoms with E-state index in [0.29, 0.717) is 51.7 Å². The Bertz CT molecular complexity index is 372. The van der Waals surface area contributed by atoms with E-state index in [9.17, 15) is 4.79 Å². The minimum absolute atomic E-state index is 0.230. The third-order valence-corrected chi connectivity index (χ3v) is 2.48. The summed E-state index contributed by atoms with van der Waals surface area (Å²) in [6.45, 7) is 3.65. The van der Waals surface area contributed by atoms with Crippen molar-refractivity contribution in [2.75, 3.05) is 52.8 Å². The lowest BCUT2D eigenvalue weighted by molar-refractivity contribution is 0.00132. The van der Waals surface area contributed by atoms with Crippen molar-refractivity contribution in [2.24, 2.45) is 5.73 Å². The summed E-state index contributed by atoms with van der Waals surface area (Å²) in [5.41, 5.74) is 5.81. The molecule has 0 atom stereocenters. The van der Waals surface area contributed by atoms with Crippen LogP contribution in [0.25, 0.3) is 0 Å². The van der Waals surface area contributed by atoms with Crippen molar-refractivity contribution >= 4 is 5.97 Å². The number of hydrogen-bond acceptors (Lipinski definition) is 6. The van der Waals surface area contributed by atoms with Crippen molar-refractivity contribution in [3.63, 3.8) is 0 Å². The largest absolute Gasteiger partial charge is 0.460 e. The normalized spacial score (nSPS) is 10.5. The Hall–Kier alpha value is -1.47. The zero-order valence-electron chi connectivity index (χ0n) is 12.2. The summed E-state index contributed by atoms with van der Waals surface area (Å²) < 4.78 is 20.8. The first kappa shape index (κ1) is 17.6. The highest BCUT2D eigenvalue weighted by atomic mass is 16.6. The maximum Gasteiger partial charge on any atom is 0.338 e. The molecule has 0 unspecified atom stereocenters. The van der Waals surface area contributed by atoms with Crippen LogP contribution in [0.15, 0.2) is 30.3 Å². The molecule has 0 saturated carbocycles. The predicted molar refractivity (Wildman–Crippen MR) is 78.2 cm³/mol. The Labute approximate surface area is 125 Å². The maximum atomic E-state index is 11.6. The van der Waals surface area contributed by atoms with Crippen LogP contribution in [0.3, 0.4) is 0 Å². The fourth-order valence-corrected chi connectivity index (χ4v) is 1.48. The van der Waals surface area contributed by atoms with Gasteiger partial charge in [0.1, 0.15) is 6.61 Å². The molecule has 0 aliphatic carbocycles. The van der Waals surface area contributed by atoms with Crippen LogP contribution in [-0.4, -0.2) is 58.8 Å². The molecule has 0 aromatic heterocycles. The number of carbonyl (C=O) groups excluding carboxylic acids is 1. The molecule has 6 heteroatoms. The van der Waals surface area contributed by atoms with Gasteiger partial charge in [-0.25, -0.2) is 4.79 Å². The first-order valence-electron chi connectivity index (χ1n) is 7.00. The summed E-state index contributed by atoms with van der Waals surface area (Å²) in [5.74, 6) is -0.340. The van der Waals surface area contributed by atoms with Crippen LogP contribution in [0.1, 0.15) is 10.4 Å². The molecule has 1 rings (SSSR count). The van der Waals surface area contributed by atoms with Crippen LogP contribution in [0, 0.1) is 0 Å². The number of ether oxygens (including phenoxy) is 4. The number of hydrogen-bond donors (Lipinski definition) is 1. The van der Waals surface area contributed by atoms with Crippen LogP contribution in [0.5, 0.6) is 0 Å². The van der Waals surface area contributed by atoms with E-state index in [1.54, 1.807) is 24.3 Å². The third-order valence-electron chi connectivity index (χ3n) is 2.48. The minimum Gasteiger partial charge on any atom is -0.460 e. The van der Waals surface area contributed by atoms with Crippen molar-refractivity contribution in [3.05, 3.63) is 35.9 Å². The van der Waals surface area contributed by atoms with E-state index in [0.717, 1.165) is 0 Å². The van der Waals surface area contributed by atoms with Crippen molar-refractivity contribution in [1.82, 2.24) is 0 Å². The summed E-state index contributed by atoms with van der Waals surface area (Å²) in [6, 6.07) is 8.86.